The second-order valence-electron chi connectivity index (χ2n) is 7.20. The molecule has 0 aromatic heterocycles. The maximum atomic E-state index is 11.7. The van der Waals surface area contributed by atoms with Gasteiger partial charge in [0.05, 0.1) is 29.6 Å². The first kappa shape index (κ1) is 17.8. The molecule has 0 spiro atoms. The Morgan fingerprint density at radius 3 is 2.81 bits per heavy atom. The summed E-state index contributed by atoms with van der Waals surface area (Å²) in [4.78, 5) is 2.27. The van der Waals surface area contributed by atoms with Crippen LogP contribution >= 0.6 is 0 Å². The van der Waals surface area contributed by atoms with Crippen LogP contribution in [0.2, 0.25) is 0 Å². The van der Waals surface area contributed by atoms with Crippen LogP contribution in [0.5, 0.6) is 11.5 Å². The summed E-state index contributed by atoms with van der Waals surface area (Å²) >= 11 is 0. The van der Waals surface area contributed by atoms with E-state index in [2.05, 4.69) is 15.7 Å². The van der Waals surface area contributed by atoms with Crippen LogP contribution in [0.3, 0.4) is 0 Å². The highest BCUT2D eigenvalue weighted by atomic mass is 32.2. The Labute approximate surface area is 159 Å². The number of nitrogens with one attached hydrogen (secondary N) is 1. The SMILES string of the molecule is Cc1cccc2c1[C@@H]1C[C@@H](NS(C)(=O)=O)CCN1c1ccc(C#N)cc1O2. The van der Waals surface area contributed by atoms with E-state index in [4.69, 9.17) is 4.74 Å². The van der Waals surface area contributed by atoms with Gasteiger partial charge in [-0.2, -0.15) is 5.26 Å². The van der Waals surface area contributed by atoms with Gasteiger partial charge >= 0.3 is 0 Å². The van der Waals surface area contributed by atoms with Crippen LogP contribution in [0.4, 0.5) is 5.69 Å². The van der Waals surface area contributed by atoms with Crippen LogP contribution in [0.1, 0.15) is 35.6 Å². The predicted octanol–water partition coefficient (Wildman–Crippen LogP) is 3.23. The van der Waals surface area contributed by atoms with Crippen molar-refractivity contribution in [1.82, 2.24) is 4.72 Å². The number of piperidine rings is 1. The molecule has 6 nitrogen and oxygen atoms in total. The lowest BCUT2D eigenvalue weighted by Crippen LogP contribution is -2.46. The summed E-state index contributed by atoms with van der Waals surface area (Å²) < 4.78 is 32.4. The van der Waals surface area contributed by atoms with Gasteiger partial charge in [-0.1, -0.05) is 12.1 Å². The zero-order chi connectivity index (χ0) is 19.2. The van der Waals surface area contributed by atoms with Crippen molar-refractivity contribution in [2.24, 2.45) is 0 Å². The third-order valence-electron chi connectivity index (χ3n) is 5.22. The minimum atomic E-state index is -3.26. The fourth-order valence-electron chi connectivity index (χ4n) is 4.13. The molecule has 27 heavy (non-hydrogen) atoms. The third-order valence-corrected chi connectivity index (χ3v) is 5.98. The fourth-order valence-corrected chi connectivity index (χ4v) is 4.95. The molecule has 2 aromatic rings. The summed E-state index contributed by atoms with van der Waals surface area (Å²) in [6.07, 6.45) is 2.57. The number of anilines is 1. The average molecular weight is 383 g/mol. The minimum Gasteiger partial charge on any atom is -0.455 e. The quantitative estimate of drug-likeness (QED) is 0.861. The Kier molecular flexibility index (Phi) is 4.33. The standard InChI is InChI=1S/C20H21N3O3S/c1-13-4-3-5-18-20(13)17-11-15(22-27(2,24)25)8-9-23(17)16-7-6-14(12-21)10-19(16)26-18/h3-7,10,15,17,22H,8-9,11H2,1-2H3/t15-,17-/m0/s1. The molecule has 2 heterocycles. The molecule has 4 rings (SSSR count). The number of nitriles is 1. The molecular weight excluding hydrogens is 362 g/mol. The average Bonchev–Trinajstić information content (AvgIpc) is 2.74. The molecular formula is C20H21N3O3S. The van der Waals surface area contributed by atoms with E-state index in [1.807, 2.05) is 31.2 Å². The van der Waals surface area contributed by atoms with Crippen LogP contribution in [0.25, 0.3) is 0 Å². The molecule has 0 saturated carbocycles. The molecule has 1 saturated heterocycles. The van der Waals surface area contributed by atoms with E-state index < -0.39 is 10.0 Å². The topological polar surface area (TPSA) is 82.4 Å². The first-order chi connectivity index (χ1) is 12.9. The Bertz CT molecular complexity index is 1040. The van der Waals surface area contributed by atoms with Crippen LogP contribution in [0.15, 0.2) is 36.4 Å². The van der Waals surface area contributed by atoms with Crippen molar-refractivity contribution in [3.8, 4) is 17.6 Å². The van der Waals surface area contributed by atoms with E-state index in [1.165, 1.54) is 6.26 Å². The normalized spacial score (nSPS) is 21.1. The van der Waals surface area contributed by atoms with Crippen molar-refractivity contribution in [3.63, 3.8) is 0 Å². The molecule has 0 amide bonds. The maximum Gasteiger partial charge on any atom is 0.208 e. The molecule has 0 aliphatic carbocycles. The molecule has 2 atom stereocenters. The predicted molar refractivity (Wildman–Crippen MR) is 103 cm³/mol. The van der Waals surface area contributed by atoms with Gasteiger partial charge in [0.25, 0.3) is 0 Å². The van der Waals surface area contributed by atoms with Crippen LogP contribution < -0.4 is 14.4 Å². The number of ether oxygens (including phenoxy) is 1. The van der Waals surface area contributed by atoms with Crippen molar-refractivity contribution in [2.75, 3.05) is 17.7 Å². The Morgan fingerprint density at radius 1 is 1.26 bits per heavy atom. The number of sulfonamides is 1. The smallest absolute Gasteiger partial charge is 0.208 e. The third kappa shape index (κ3) is 3.38. The van der Waals surface area contributed by atoms with Gasteiger partial charge in [0.15, 0.2) is 5.75 Å². The largest absolute Gasteiger partial charge is 0.455 e. The highest BCUT2D eigenvalue weighted by Gasteiger charge is 2.37. The second kappa shape index (κ2) is 6.55. The van der Waals surface area contributed by atoms with Gasteiger partial charge in [-0.3, -0.25) is 0 Å². The van der Waals surface area contributed by atoms with Crippen LogP contribution in [-0.2, 0) is 10.0 Å². The molecule has 2 aromatic carbocycles. The lowest BCUT2D eigenvalue weighted by molar-refractivity contribution is 0.394. The van der Waals surface area contributed by atoms with E-state index in [1.54, 1.807) is 12.1 Å². The molecule has 2 aliphatic heterocycles. The van der Waals surface area contributed by atoms with E-state index in [0.717, 1.165) is 22.6 Å². The molecule has 0 radical (unpaired) electrons. The number of aryl methyl sites for hydroxylation is 1. The van der Waals surface area contributed by atoms with E-state index >= 15 is 0 Å². The number of fused-ring (bicyclic) bond motifs is 5. The Morgan fingerprint density at radius 2 is 2.07 bits per heavy atom. The Hall–Kier alpha value is -2.56. The van der Waals surface area contributed by atoms with Gasteiger partial charge in [0, 0.05) is 24.2 Å². The lowest BCUT2D eigenvalue weighted by Gasteiger charge is -2.40. The van der Waals surface area contributed by atoms with E-state index in [0.29, 0.717) is 30.7 Å². The van der Waals surface area contributed by atoms with Gasteiger partial charge in [-0.15, -0.1) is 0 Å². The second-order valence-corrected chi connectivity index (χ2v) is 8.98. The molecule has 0 bridgehead atoms. The molecule has 1 N–H and O–H groups in total. The molecule has 2 aliphatic rings. The minimum absolute atomic E-state index is 0.00313. The highest BCUT2D eigenvalue weighted by molar-refractivity contribution is 7.88. The van der Waals surface area contributed by atoms with Crippen LogP contribution in [0, 0.1) is 18.3 Å². The number of hydrogen-bond acceptors (Lipinski definition) is 5. The first-order valence-electron chi connectivity index (χ1n) is 8.91. The number of hydrogen-bond donors (Lipinski definition) is 1. The van der Waals surface area contributed by atoms with Crippen molar-refractivity contribution in [1.29, 1.82) is 5.26 Å². The summed E-state index contributed by atoms with van der Waals surface area (Å²) in [7, 11) is -3.26. The van der Waals surface area contributed by atoms with E-state index in [-0.39, 0.29) is 12.1 Å². The summed E-state index contributed by atoms with van der Waals surface area (Å²) in [5, 5.41) is 9.24. The summed E-state index contributed by atoms with van der Waals surface area (Å²) in [5.41, 5.74) is 3.67. The molecule has 1 fully saturated rings. The summed E-state index contributed by atoms with van der Waals surface area (Å²) in [6, 6.07) is 13.5. The van der Waals surface area contributed by atoms with Gasteiger partial charge < -0.3 is 9.64 Å². The zero-order valence-electron chi connectivity index (χ0n) is 15.3. The van der Waals surface area contributed by atoms with Gasteiger partial charge in [0.1, 0.15) is 5.75 Å². The van der Waals surface area contributed by atoms with Crippen molar-refractivity contribution < 1.29 is 13.2 Å². The maximum absolute atomic E-state index is 11.7. The van der Waals surface area contributed by atoms with Crippen molar-refractivity contribution >= 4 is 15.7 Å². The summed E-state index contributed by atoms with van der Waals surface area (Å²) in [5.74, 6) is 1.43. The zero-order valence-corrected chi connectivity index (χ0v) is 16.1. The monoisotopic (exact) mass is 383 g/mol. The van der Waals surface area contributed by atoms with Gasteiger partial charge in [-0.05, 0) is 43.5 Å². The number of rotatable bonds is 2. The number of nitrogens with zero attached hydrogens (tertiary/aromatic N) is 2. The van der Waals surface area contributed by atoms with Gasteiger partial charge in [0.2, 0.25) is 10.0 Å². The molecule has 7 heteroatoms. The van der Waals surface area contributed by atoms with E-state index in [9.17, 15) is 13.7 Å². The molecule has 140 valence electrons. The first-order valence-corrected chi connectivity index (χ1v) is 10.8. The Balaban J connectivity index is 1.82. The van der Waals surface area contributed by atoms with Gasteiger partial charge in [-0.25, -0.2) is 13.1 Å². The lowest BCUT2D eigenvalue weighted by atomic mass is 9.89. The highest BCUT2D eigenvalue weighted by Crippen LogP contribution is 2.48. The van der Waals surface area contributed by atoms with Crippen molar-refractivity contribution in [2.45, 2.75) is 31.8 Å². The van der Waals surface area contributed by atoms with Crippen molar-refractivity contribution in [3.05, 3.63) is 53.1 Å². The van der Waals surface area contributed by atoms with Crippen LogP contribution in [-0.4, -0.2) is 27.3 Å². The molecule has 0 unspecified atom stereocenters. The fraction of sp³-hybridized carbons (Fsp3) is 0.350. The summed E-state index contributed by atoms with van der Waals surface area (Å²) in [6.45, 7) is 2.75. The number of benzene rings is 2.